The molecule has 2 aromatic heterocycles. The molecule has 0 radical (unpaired) electrons. The van der Waals surface area contributed by atoms with Gasteiger partial charge in [-0.25, -0.2) is 0 Å². The van der Waals surface area contributed by atoms with Gasteiger partial charge >= 0.3 is 0 Å². The van der Waals surface area contributed by atoms with E-state index in [2.05, 4.69) is 20.6 Å². The highest BCUT2D eigenvalue weighted by Crippen LogP contribution is 2.22. The van der Waals surface area contributed by atoms with Gasteiger partial charge in [0, 0.05) is 36.0 Å². The predicted molar refractivity (Wildman–Crippen MR) is 110 cm³/mol. The molecule has 2 heterocycles. The molecule has 6 heteroatoms. The normalized spacial score (nSPS) is 10.7. The van der Waals surface area contributed by atoms with Crippen LogP contribution in [-0.2, 0) is 9.59 Å². The summed E-state index contributed by atoms with van der Waals surface area (Å²) in [6.45, 7) is 0. The average molecular weight is 370 g/mol. The maximum absolute atomic E-state index is 12.3. The van der Waals surface area contributed by atoms with Crippen molar-refractivity contribution in [3.05, 3.63) is 73.1 Å². The second-order valence-corrected chi connectivity index (χ2v) is 6.36. The number of rotatable bonds is 5. The molecular formula is C22H18N4O2. The van der Waals surface area contributed by atoms with Crippen molar-refractivity contribution in [1.29, 1.82) is 0 Å². The van der Waals surface area contributed by atoms with Crippen molar-refractivity contribution in [3.8, 4) is 0 Å². The Morgan fingerprint density at radius 1 is 0.643 bits per heavy atom. The summed E-state index contributed by atoms with van der Waals surface area (Å²) in [6.07, 6.45) is 3.52. The first-order valence-electron chi connectivity index (χ1n) is 8.98. The van der Waals surface area contributed by atoms with Crippen LogP contribution in [0.1, 0.15) is 12.8 Å². The molecule has 4 aromatic rings. The van der Waals surface area contributed by atoms with Gasteiger partial charge in [-0.2, -0.15) is 0 Å². The van der Waals surface area contributed by atoms with E-state index < -0.39 is 0 Å². The molecular weight excluding hydrogens is 352 g/mol. The molecule has 4 rings (SSSR count). The summed E-state index contributed by atoms with van der Waals surface area (Å²) in [5.74, 6) is -0.464. The zero-order valence-electron chi connectivity index (χ0n) is 15.1. The lowest BCUT2D eigenvalue weighted by Gasteiger charge is -2.09. The van der Waals surface area contributed by atoms with E-state index in [1.807, 2.05) is 48.5 Å². The van der Waals surface area contributed by atoms with Crippen LogP contribution in [0, 0.1) is 0 Å². The van der Waals surface area contributed by atoms with Crippen LogP contribution in [0.15, 0.2) is 73.1 Å². The van der Waals surface area contributed by atoms with Crippen molar-refractivity contribution >= 4 is 45.0 Å². The monoisotopic (exact) mass is 370 g/mol. The van der Waals surface area contributed by atoms with Crippen molar-refractivity contribution in [2.75, 3.05) is 10.6 Å². The molecule has 0 aliphatic carbocycles. The zero-order chi connectivity index (χ0) is 19.3. The first-order chi connectivity index (χ1) is 13.7. The van der Waals surface area contributed by atoms with E-state index in [0.29, 0.717) is 11.4 Å². The number of amides is 2. The summed E-state index contributed by atoms with van der Waals surface area (Å²) in [5.41, 5.74) is 2.73. The molecule has 0 bridgehead atoms. The fourth-order valence-electron chi connectivity index (χ4n) is 3.06. The van der Waals surface area contributed by atoms with Gasteiger partial charge in [0.25, 0.3) is 0 Å². The Balaban J connectivity index is 1.38. The predicted octanol–water partition coefficient (Wildman–Crippen LogP) is 4.14. The Morgan fingerprint density at radius 2 is 1.07 bits per heavy atom. The van der Waals surface area contributed by atoms with Crippen LogP contribution in [0.3, 0.4) is 0 Å². The van der Waals surface area contributed by atoms with E-state index in [4.69, 9.17) is 0 Å². The standard InChI is InChI=1S/C22H18N4O2/c27-19(25-17-9-1-5-15-7-3-13-23-21(15)17)11-12-20(28)26-18-10-2-6-16-8-4-14-24-22(16)18/h1-10,13-14H,11-12H2,(H,25,27)(H,26,28). The summed E-state index contributed by atoms with van der Waals surface area (Å²) in [4.78, 5) is 33.2. The van der Waals surface area contributed by atoms with Crippen LogP contribution in [0.25, 0.3) is 21.8 Å². The molecule has 0 saturated heterocycles. The molecule has 0 unspecified atom stereocenters. The highest BCUT2D eigenvalue weighted by molar-refractivity contribution is 6.03. The highest BCUT2D eigenvalue weighted by Gasteiger charge is 2.11. The Bertz CT molecular complexity index is 1070. The number of hydrogen-bond acceptors (Lipinski definition) is 4. The Kier molecular flexibility index (Phi) is 4.93. The fourth-order valence-corrected chi connectivity index (χ4v) is 3.06. The maximum Gasteiger partial charge on any atom is 0.224 e. The number of nitrogens with zero attached hydrogens (tertiary/aromatic N) is 2. The van der Waals surface area contributed by atoms with E-state index >= 15 is 0 Å². The van der Waals surface area contributed by atoms with E-state index in [0.717, 1.165) is 21.8 Å². The van der Waals surface area contributed by atoms with Gasteiger partial charge in [0.1, 0.15) is 0 Å². The minimum absolute atomic E-state index is 0.0766. The van der Waals surface area contributed by atoms with Gasteiger partial charge in [-0.15, -0.1) is 0 Å². The molecule has 0 aliphatic rings. The smallest absolute Gasteiger partial charge is 0.224 e. The number of carbonyl (C=O) groups excluding carboxylic acids is 2. The minimum Gasteiger partial charge on any atom is -0.324 e. The number of carbonyl (C=O) groups is 2. The molecule has 0 fully saturated rings. The third kappa shape index (κ3) is 3.81. The lowest BCUT2D eigenvalue weighted by atomic mass is 10.1. The van der Waals surface area contributed by atoms with Crippen LogP contribution in [0.2, 0.25) is 0 Å². The number of fused-ring (bicyclic) bond motifs is 2. The zero-order valence-corrected chi connectivity index (χ0v) is 15.1. The van der Waals surface area contributed by atoms with E-state index in [-0.39, 0.29) is 24.7 Å². The third-order valence-electron chi connectivity index (χ3n) is 4.39. The number of anilines is 2. The first-order valence-corrected chi connectivity index (χ1v) is 8.98. The van der Waals surface area contributed by atoms with Gasteiger partial charge < -0.3 is 10.6 Å². The maximum atomic E-state index is 12.3. The summed E-state index contributed by atoms with van der Waals surface area (Å²) in [7, 11) is 0. The van der Waals surface area contributed by atoms with Gasteiger partial charge in [-0.05, 0) is 24.3 Å². The number of benzene rings is 2. The third-order valence-corrected chi connectivity index (χ3v) is 4.39. The molecule has 0 aliphatic heterocycles. The van der Waals surface area contributed by atoms with Crippen molar-refractivity contribution in [2.24, 2.45) is 0 Å². The van der Waals surface area contributed by atoms with Gasteiger partial charge in [-0.1, -0.05) is 36.4 Å². The van der Waals surface area contributed by atoms with Crippen LogP contribution in [-0.4, -0.2) is 21.8 Å². The molecule has 2 aromatic carbocycles. The number of nitrogens with one attached hydrogen (secondary N) is 2. The van der Waals surface area contributed by atoms with Gasteiger partial charge in [0.05, 0.1) is 22.4 Å². The van der Waals surface area contributed by atoms with Gasteiger partial charge in [0.2, 0.25) is 11.8 Å². The molecule has 0 spiro atoms. The van der Waals surface area contributed by atoms with Crippen molar-refractivity contribution in [3.63, 3.8) is 0 Å². The quantitative estimate of drug-likeness (QED) is 0.553. The number of pyridine rings is 2. The summed E-state index contributed by atoms with van der Waals surface area (Å²) >= 11 is 0. The molecule has 2 amide bonds. The van der Waals surface area contributed by atoms with Crippen LogP contribution in [0.4, 0.5) is 11.4 Å². The summed E-state index contributed by atoms with van der Waals surface area (Å²) < 4.78 is 0. The highest BCUT2D eigenvalue weighted by atomic mass is 16.2. The van der Waals surface area contributed by atoms with Crippen molar-refractivity contribution in [2.45, 2.75) is 12.8 Å². The summed E-state index contributed by atoms with van der Waals surface area (Å²) in [5, 5.41) is 7.57. The number of para-hydroxylation sites is 2. The minimum atomic E-state index is -0.232. The molecule has 28 heavy (non-hydrogen) atoms. The number of aromatic nitrogens is 2. The van der Waals surface area contributed by atoms with Crippen LogP contribution < -0.4 is 10.6 Å². The Labute approximate surface area is 161 Å². The van der Waals surface area contributed by atoms with Crippen molar-refractivity contribution < 1.29 is 9.59 Å². The van der Waals surface area contributed by atoms with Gasteiger partial charge in [0.15, 0.2) is 0 Å². The molecule has 0 saturated carbocycles. The Hall–Kier alpha value is -3.80. The van der Waals surface area contributed by atoms with Gasteiger partial charge in [-0.3, -0.25) is 19.6 Å². The Morgan fingerprint density at radius 3 is 1.54 bits per heavy atom. The number of hydrogen-bond donors (Lipinski definition) is 2. The SMILES string of the molecule is O=C(CCC(=O)Nc1cccc2cccnc12)Nc1cccc2cccnc12. The van der Waals surface area contributed by atoms with E-state index in [1.54, 1.807) is 24.5 Å². The lowest BCUT2D eigenvalue weighted by Crippen LogP contribution is -2.17. The van der Waals surface area contributed by atoms with Crippen molar-refractivity contribution in [1.82, 2.24) is 9.97 Å². The van der Waals surface area contributed by atoms with E-state index in [1.165, 1.54) is 0 Å². The van der Waals surface area contributed by atoms with Crippen LogP contribution in [0.5, 0.6) is 0 Å². The molecule has 138 valence electrons. The topological polar surface area (TPSA) is 84.0 Å². The largest absolute Gasteiger partial charge is 0.324 e. The van der Waals surface area contributed by atoms with Crippen LogP contribution >= 0.6 is 0 Å². The fraction of sp³-hybridized carbons (Fsp3) is 0.0909. The molecule has 6 nitrogen and oxygen atoms in total. The second kappa shape index (κ2) is 7.84. The first kappa shape index (κ1) is 17.6. The second-order valence-electron chi connectivity index (χ2n) is 6.36. The van der Waals surface area contributed by atoms with E-state index in [9.17, 15) is 9.59 Å². The molecule has 0 atom stereocenters. The summed E-state index contributed by atoms with van der Waals surface area (Å²) in [6, 6.07) is 18.8. The molecule has 2 N–H and O–H groups in total. The average Bonchev–Trinajstić information content (AvgIpc) is 2.73. The lowest BCUT2D eigenvalue weighted by molar-refractivity contribution is -0.121.